The van der Waals surface area contributed by atoms with Crippen molar-refractivity contribution in [2.45, 2.75) is 44.4 Å². The van der Waals surface area contributed by atoms with Crippen LogP contribution in [0.2, 0.25) is 0 Å². The molecule has 0 radical (unpaired) electrons. The molecule has 1 nitrogen and oxygen atoms in total. The minimum Gasteiger partial charge on any atom is -0.298 e. The number of Topliss-reactive ketones (excluding diaryl/α,β-unsaturated/α-hetero) is 1. The minimum atomic E-state index is -0.173. The molecule has 0 saturated carbocycles. The quantitative estimate of drug-likeness (QED) is 0.299. The zero-order valence-corrected chi connectivity index (χ0v) is 13.7. The minimum absolute atomic E-state index is 0.121. The molecule has 0 aromatic carbocycles. The second kappa shape index (κ2) is 11.0. The van der Waals surface area contributed by atoms with E-state index in [4.69, 9.17) is 0 Å². The van der Waals surface area contributed by atoms with Gasteiger partial charge in [-0.2, -0.15) is 0 Å². The standard InChI is InChI=1S/C17H25BrO/c1-5-10-14(7-3)12-9-13-16(19)17(18)15(8-4)11-6-2/h6-9,12,15,17H,2,4-5,10-11,13H2,1,3H3/b12-9-,14-7-. The van der Waals surface area contributed by atoms with Crippen LogP contribution in [0.5, 0.6) is 0 Å². The summed E-state index contributed by atoms with van der Waals surface area (Å²) in [4.78, 5) is 11.9. The topological polar surface area (TPSA) is 17.1 Å². The van der Waals surface area contributed by atoms with E-state index < -0.39 is 0 Å². The van der Waals surface area contributed by atoms with Crippen molar-refractivity contribution in [2.75, 3.05) is 0 Å². The Morgan fingerprint density at radius 3 is 2.53 bits per heavy atom. The zero-order chi connectivity index (χ0) is 14.7. The van der Waals surface area contributed by atoms with Gasteiger partial charge in [-0.05, 0) is 25.7 Å². The van der Waals surface area contributed by atoms with Crippen molar-refractivity contribution in [1.29, 1.82) is 0 Å². The Balaban J connectivity index is 4.40. The molecule has 2 atom stereocenters. The smallest absolute Gasteiger partial charge is 0.150 e. The highest BCUT2D eigenvalue weighted by Gasteiger charge is 2.20. The van der Waals surface area contributed by atoms with Gasteiger partial charge in [0.15, 0.2) is 5.78 Å². The Bertz CT molecular complexity index is 352. The fourth-order valence-corrected chi connectivity index (χ4v) is 2.44. The first kappa shape index (κ1) is 18.1. The average molecular weight is 325 g/mol. The first-order valence-corrected chi connectivity index (χ1v) is 7.74. The van der Waals surface area contributed by atoms with Gasteiger partial charge in [-0.25, -0.2) is 0 Å². The molecule has 0 rings (SSSR count). The van der Waals surface area contributed by atoms with Crippen molar-refractivity contribution in [3.63, 3.8) is 0 Å². The lowest BCUT2D eigenvalue weighted by atomic mass is 9.97. The monoisotopic (exact) mass is 324 g/mol. The van der Waals surface area contributed by atoms with Crippen molar-refractivity contribution in [3.8, 4) is 0 Å². The second-order valence-electron chi connectivity index (χ2n) is 4.51. The summed E-state index contributed by atoms with van der Waals surface area (Å²) >= 11 is 3.47. The summed E-state index contributed by atoms with van der Waals surface area (Å²) in [7, 11) is 0. The number of allylic oxidation sites excluding steroid dienone is 6. The van der Waals surface area contributed by atoms with Crippen LogP contribution in [0.25, 0.3) is 0 Å². The SMILES string of the molecule is C=CCC(C=C)C(Br)C(=O)C/C=C\C(=C/C)CCC. The fraction of sp³-hybridized carbons (Fsp3) is 0.471. The van der Waals surface area contributed by atoms with Crippen LogP contribution in [0.15, 0.2) is 49.1 Å². The van der Waals surface area contributed by atoms with E-state index in [0.717, 1.165) is 19.3 Å². The molecule has 0 fully saturated rings. The van der Waals surface area contributed by atoms with Gasteiger partial charge in [-0.15, -0.1) is 13.2 Å². The molecule has 0 heterocycles. The third-order valence-corrected chi connectivity index (χ3v) is 4.18. The Labute approximate surface area is 126 Å². The van der Waals surface area contributed by atoms with E-state index in [-0.39, 0.29) is 16.5 Å². The highest BCUT2D eigenvalue weighted by Crippen LogP contribution is 2.21. The molecule has 0 aromatic rings. The van der Waals surface area contributed by atoms with Gasteiger partial charge in [-0.1, -0.05) is 65.2 Å². The molecule has 0 amide bonds. The second-order valence-corrected chi connectivity index (χ2v) is 5.50. The maximum atomic E-state index is 12.0. The molecule has 0 aliphatic carbocycles. The van der Waals surface area contributed by atoms with Gasteiger partial charge in [0.1, 0.15) is 0 Å². The molecule has 0 spiro atoms. The molecule has 0 N–H and O–H groups in total. The van der Waals surface area contributed by atoms with Crippen LogP contribution in [0.3, 0.4) is 0 Å². The number of rotatable bonds is 10. The van der Waals surface area contributed by atoms with Crippen LogP contribution in [-0.2, 0) is 4.79 Å². The van der Waals surface area contributed by atoms with Gasteiger partial charge in [0, 0.05) is 6.42 Å². The van der Waals surface area contributed by atoms with Gasteiger partial charge >= 0.3 is 0 Å². The van der Waals surface area contributed by atoms with Crippen LogP contribution in [0.4, 0.5) is 0 Å². The lowest BCUT2D eigenvalue weighted by Crippen LogP contribution is -2.21. The normalized spacial score (nSPS) is 15.2. The third kappa shape index (κ3) is 7.31. The molecule has 0 aliphatic heterocycles. The summed E-state index contributed by atoms with van der Waals surface area (Å²) in [6.07, 6.45) is 13.2. The number of halogens is 1. The van der Waals surface area contributed by atoms with E-state index in [1.807, 2.05) is 25.2 Å². The van der Waals surface area contributed by atoms with Crippen molar-refractivity contribution in [3.05, 3.63) is 49.1 Å². The molecular formula is C17H25BrO. The molecule has 19 heavy (non-hydrogen) atoms. The summed E-state index contributed by atoms with van der Waals surface area (Å²) in [5.41, 5.74) is 1.28. The lowest BCUT2D eigenvalue weighted by molar-refractivity contribution is -0.118. The summed E-state index contributed by atoms with van der Waals surface area (Å²) in [5, 5.41) is 0. The summed E-state index contributed by atoms with van der Waals surface area (Å²) in [6.45, 7) is 11.7. The van der Waals surface area contributed by atoms with E-state index in [0.29, 0.717) is 6.42 Å². The van der Waals surface area contributed by atoms with E-state index in [1.54, 1.807) is 0 Å². The first-order chi connectivity index (χ1) is 9.10. The first-order valence-electron chi connectivity index (χ1n) is 6.82. The number of carbonyl (C=O) groups is 1. The fourth-order valence-electron chi connectivity index (χ4n) is 1.82. The highest BCUT2D eigenvalue weighted by atomic mass is 79.9. The van der Waals surface area contributed by atoms with Crippen LogP contribution in [0, 0.1) is 5.92 Å². The van der Waals surface area contributed by atoms with Gasteiger partial charge in [0.05, 0.1) is 4.83 Å². The number of hydrogen-bond donors (Lipinski definition) is 0. The summed E-state index contributed by atoms with van der Waals surface area (Å²) in [6, 6.07) is 0. The van der Waals surface area contributed by atoms with Gasteiger partial charge in [0.2, 0.25) is 0 Å². The van der Waals surface area contributed by atoms with Gasteiger partial charge in [0.25, 0.3) is 0 Å². The van der Waals surface area contributed by atoms with Crippen molar-refractivity contribution in [1.82, 2.24) is 0 Å². The molecule has 2 heteroatoms. The largest absolute Gasteiger partial charge is 0.298 e. The maximum Gasteiger partial charge on any atom is 0.150 e. The molecule has 106 valence electrons. The number of ketones is 1. The van der Waals surface area contributed by atoms with E-state index >= 15 is 0 Å². The molecular weight excluding hydrogens is 300 g/mol. The number of alkyl halides is 1. The molecule has 0 saturated heterocycles. The Morgan fingerprint density at radius 2 is 2.05 bits per heavy atom. The predicted molar refractivity (Wildman–Crippen MR) is 88.6 cm³/mol. The molecule has 0 aliphatic rings. The molecule has 2 unspecified atom stereocenters. The average Bonchev–Trinajstić information content (AvgIpc) is 2.42. The molecule has 0 bridgehead atoms. The van der Waals surface area contributed by atoms with Crippen LogP contribution >= 0.6 is 15.9 Å². The van der Waals surface area contributed by atoms with Crippen LogP contribution in [-0.4, -0.2) is 10.6 Å². The van der Waals surface area contributed by atoms with Crippen molar-refractivity contribution >= 4 is 21.7 Å². The highest BCUT2D eigenvalue weighted by molar-refractivity contribution is 9.10. The maximum absolute atomic E-state index is 12.0. The zero-order valence-electron chi connectivity index (χ0n) is 12.1. The number of carbonyl (C=O) groups excluding carboxylic acids is 1. The van der Waals surface area contributed by atoms with Gasteiger partial charge < -0.3 is 0 Å². The van der Waals surface area contributed by atoms with Gasteiger partial charge in [-0.3, -0.25) is 4.79 Å². The van der Waals surface area contributed by atoms with E-state index in [1.165, 1.54) is 5.57 Å². The molecule has 0 aromatic heterocycles. The van der Waals surface area contributed by atoms with Crippen molar-refractivity contribution < 1.29 is 4.79 Å². The predicted octanol–water partition coefficient (Wildman–Crippen LogP) is 5.39. The number of hydrogen-bond acceptors (Lipinski definition) is 1. The Kier molecular flexibility index (Phi) is 10.5. The lowest BCUT2D eigenvalue weighted by Gasteiger charge is -2.15. The van der Waals surface area contributed by atoms with E-state index in [2.05, 4.69) is 48.2 Å². The third-order valence-electron chi connectivity index (χ3n) is 2.99. The van der Waals surface area contributed by atoms with Crippen LogP contribution < -0.4 is 0 Å². The summed E-state index contributed by atoms with van der Waals surface area (Å²) in [5.74, 6) is 0.310. The van der Waals surface area contributed by atoms with Crippen molar-refractivity contribution in [2.24, 2.45) is 5.92 Å². The Hall–Kier alpha value is -0.890. The summed E-state index contributed by atoms with van der Waals surface area (Å²) < 4.78 is 0. The van der Waals surface area contributed by atoms with Crippen LogP contribution in [0.1, 0.15) is 39.5 Å². The Morgan fingerprint density at radius 1 is 1.37 bits per heavy atom. The van der Waals surface area contributed by atoms with E-state index in [9.17, 15) is 4.79 Å².